The average Bonchev–Trinajstić information content (AvgIpc) is 3.04. The maximum Gasteiger partial charge on any atom is 0.308 e. The van der Waals surface area contributed by atoms with Crippen LogP contribution in [0.3, 0.4) is 0 Å². The van der Waals surface area contributed by atoms with Crippen LogP contribution in [0.1, 0.15) is 23.2 Å². The number of benzene rings is 1. The van der Waals surface area contributed by atoms with E-state index in [4.69, 9.17) is 4.74 Å². The van der Waals surface area contributed by atoms with Gasteiger partial charge in [0.15, 0.2) is 0 Å². The molecule has 1 aromatic carbocycles. The zero-order valence-electron chi connectivity index (χ0n) is 12.6. The van der Waals surface area contributed by atoms with Gasteiger partial charge in [-0.15, -0.1) is 0 Å². The Morgan fingerprint density at radius 2 is 2.17 bits per heavy atom. The molecule has 7 heteroatoms. The monoisotopic (exact) mass is 317 g/mol. The van der Waals surface area contributed by atoms with Crippen molar-refractivity contribution in [2.75, 3.05) is 19.8 Å². The Labute approximate surface area is 133 Å². The van der Waals surface area contributed by atoms with Crippen LogP contribution in [0.5, 0.6) is 0 Å². The number of carbonyl (C=O) groups is 2. The number of nitrogens with zero attached hydrogens (tertiary/aromatic N) is 1. The zero-order chi connectivity index (χ0) is 16.2. The van der Waals surface area contributed by atoms with Gasteiger partial charge in [0.2, 0.25) is 0 Å². The lowest BCUT2D eigenvalue weighted by molar-refractivity contribution is -0.144. The molecule has 23 heavy (non-hydrogen) atoms. The van der Waals surface area contributed by atoms with E-state index in [0.717, 1.165) is 5.39 Å². The highest BCUT2D eigenvalue weighted by molar-refractivity contribution is 6.05. The van der Waals surface area contributed by atoms with E-state index in [1.807, 2.05) is 6.07 Å². The highest BCUT2D eigenvalue weighted by Crippen LogP contribution is 2.24. The van der Waals surface area contributed by atoms with E-state index in [1.54, 1.807) is 18.3 Å². The normalized spacial score (nSPS) is 17.0. The number of aromatic nitrogens is 2. The summed E-state index contributed by atoms with van der Waals surface area (Å²) >= 11 is 0. The number of aliphatic carboxylic acids is 1. The molecule has 122 valence electrons. The van der Waals surface area contributed by atoms with Gasteiger partial charge in [-0.1, -0.05) is 12.1 Å². The van der Waals surface area contributed by atoms with E-state index in [1.165, 1.54) is 0 Å². The number of carbonyl (C=O) groups excluding carboxylic acids is 1. The predicted molar refractivity (Wildman–Crippen MR) is 83.1 cm³/mol. The molecule has 2 aromatic rings. The molecule has 0 bridgehead atoms. The number of carboxylic acids is 1. The Morgan fingerprint density at radius 1 is 1.39 bits per heavy atom. The van der Waals surface area contributed by atoms with Crippen LogP contribution in [0.15, 0.2) is 24.4 Å². The third kappa shape index (κ3) is 3.34. The number of hydrogen-bond donors (Lipinski definition) is 3. The van der Waals surface area contributed by atoms with Crippen molar-refractivity contribution in [3.05, 3.63) is 30.0 Å². The summed E-state index contributed by atoms with van der Waals surface area (Å²) < 4.78 is 5.27. The van der Waals surface area contributed by atoms with Gasteiger partial charge < -0.3 is 15.2 Å². The van der Waals surface area contributed by atoms with Crippen molar-refractivity contribution < 1.29 is 19.4 Å². The first-order chi connectivity index (χ1) is 11.2. The molecule has 1 aliphatic heterocycles. The van der Waals surface area contributed by atoms with Crippen LogP contribution >= 0.6 is 0 Å². The first-order valence-electron chi connectivity index (χ1n) is 7.67. The Hall–Kier alpha value is -2.41. The molecule has 0 radical (unpaired) electrons. The molecular weight excluding hydrogens is 298 g/mol. The van der Waals surface area contributed by atoms with E-state index < -0.39 is 11.9 Å². The molecule has 7 nitrogen and oxygen atoms in total. The molecule has 2 heterocycles. The van der Waals surface area contributed by atoms with E-state index in [2.05, 4.69) is 15.5 Å². The Bertz CT molecular complexity index is 706. The van der Waals surface area contributed by atoms with Crippen LogP contribution in [0.4, 0.5) is 0 Å². The topological polar surface area (TPSA) is 104 Å². The molecule has 1 aliphatic rings. The van der Waals surface area contributed by atoms with Crippen LogP contribution < -0.4 is 5.32 Å². The minimum Gasteiger partial charge on any atom is -0.481 e. The number of fused-ring (bicyclic) bond motifs is 1. The SMILES string of the molecule is O=C(NCC(C(=O)O)C1CCOCC1)c1cccc2cn[nH]c12. The molecule has 1 atom stereocenters. The second-order valence-electron chi connectivity index (χ2n) is 5.74. The van der Waals surface area contributed by atoms with Crippen LogP contribution in [0, 0.1) is 11.8 Å². The van der Waals surface area contributed by atoms with E-state index >= 15 is 0 Å². The maximum absolute atomic E-state index is 12.4. The summed E-state index contributed by atoms with van der Waals surface area (Å²) in [4.78, 5) is 23.9. The van der Waals surface area contributed by atoms with Crippen molar-refractivity contribution in [3.63, 3.8) is 0 Å². The fraction of sp³-hybridized carbons (Fsp3) is 0.438. The van der Waals surface area contributed by atoms with E-state index in [0.29, 0.717) is 37.1 Å². The van der Waals surface area contributed by atoms with Crippen molar-refractivity contribution in [1.29, 1.82) is 0 Å². The maximum atomic E-state index is 12.4. The van der Waals surface area contributed by atoms with Gasteiger partial charge in [-0.3, -0.25) is 14.7 Å². The average molecular weight is 317 g/mol. The third-order valence-electron chi connectivity index (χ3n) is 4.36. The molecule has 1 saturated heterocycles. The number of ether oxygens (including phenoxy) is 1. The molecule has 1 aromatic heterocycles. The summed E-state index contributed by atoms with van der Waals surface area (Å²) in [5.41, 5.74) is 1.12. The number of para-hydroxylation sites is 1. The number of hydrogen-bond acceptors (Lipinski definition) is 4. The number of H-pyrrole nitrogens is 1. The van der Waals surface area contributed by atoms with Gasteiger partial charge in [0.05, 0.1) is 23.2 Å². The lowest BCUT2D eigenvalue weighted by atomic mass is 9.86. The molecule has 0 aliphatic carbocycles. The van der Waals surface area contributed by atoms with Crippen LogP contribution in [0.2, 0.25) is 0 Å². The summed E-state index contributed by atoms with van der Waals surface area (Å²) in [7, 11) is 0. The lowest BCUT2D eigenvalue weighted by Gasteiger charge is -2.27. The Morgan fingerprint density at radius 3 is 2.91 bits per heavy atom. The number of carboxylic acid groups (broad SMARTS) is 1. The van der Waals surface area contributed by atoms with Crippen LogP contribution in [-0.4, -0.2) is 46.9 Å². The third-order valence-corrected chi connectivity index (χ3v) is 4.36. The van der Waals surface area contributed by atoms with Gasteiger partial charge in [0, 0.05) is 25.1 Å². The van der Waals surface area contributed by atoms with Crippen molar-refractivity contribution in [1.82, 2.24) is 15.5 Å². The Balaban J connectivity index is 1.69. The molecule has 3 rings (SSSR count). The summed E-state index contributed by atoms with van der Waals surface area (Å²) in [6, 6.07) is 5.33. The number of rotatable bonds is 5. The fourth-order valence-corrected chi connectivity index (χ4v) is 3.03. The second kappa shape index (κ2) is 6.78. The first-order valence-corrected chi connectivity index (χ1v) is 7.67. The molecule has 1 amide bonds. The molecule has 0 saturated carbocycles. The van der Waals surface area contributed by atoms with Crippen molar-refractivity contribution in [3.8, 4) is 0 Å². The van der Waals surface area contributed by atoms with Crippen LogP contribution in [0.25, 0.3) is 10.9 Å². The molecule has 3 N–H and O–H groups in total. The van der Waals surface area contributed by atoms with Gasteiger partial charge in [-0.2, -0.15) is 5.10 Å². The van der Waals surface area contributed by atoms with Gasteiger partial charge in [-0.05, 0) is 24.8 Å². The summed E-state index contributed by atoms with van der Waals surface area (Å²) in [6.45, 7) is 1.27. The van der Waals surface area contributed by atoms with Gasteiger partial charge in [0.25, 0.3) is 5.91 Å². The summed E-state index contributed by atoms with van der Waals surface area (Å²) in [6.07, 6.45) is 3.07. The second-order valence-corrected chi connectivity index (χ2v) is 5.74. The van der Waals surface area contributed by atoms with Crippen molar-refractivity contribution in [2.24, 2.45) is 11.8 Å². The molecule has 1 fully saturated rings. The standard InChI is InChI=1S/C16H19N3O4/c20-15(12-3-1-2-11-8-18-19-14(11)12)17-9-13(16(21)22)10-4-6-23-7-5-10/h1-3,8,10,13H,4-7,9H2,(H,17,20)(H,18,19)(H,21,22). The van der Waals surface area contributed by atoms with Gasteiger partial charge in [0.1, 0.15) is 0 Å². The van der Waals surface area contributed by atoms with Gasteiger partial charge in [-0.25, -0.2) is 0 Å². The molecular formula is C16H19N3O4. The highest BCUT2D eigenvalue weighted by Gasteiger charge is 2.30. The lowest BCUT2D eigenvalue weighted by Crippen LogP contribution is -2.39. The smallest absolute Gasteiger partial charge is 0.308 e. The first kappa shape index (κ1) is 15.5. The molecule has 1 unspecified atom stereocenters. The van der Waals surface area contributed by atoms with Crippen LogP contribution in [-0.2, 0) is 9.53 Å². The highest BCUT2D eigenvalue weighted by atomic mass is 16.5. The fourth-order valence-electron chi connectivity index (χ4n) is 3.03. The number of nitrogens with one attached hydrogen (secondary N) is 2. The molecule has 0 spiro atoms. The Kier molecular flexibility index (Phi) is 4.57. The zero-order valence-corrected chi connectivity index (χ0v) is 12.6. The largest absolute Gasteiger partial charge is 0.481 e. The quantitative estimate of drug-likeness (QED) is 0.773. The summed E-state index contributed by atoms with van der Waals surface area (Å²) in [5.74, 6) is -1.73. The number of amides is 1. The van der Waals surface area contributed by atoms with Crippen molar-refractivity contribution >= 4 is 22.8 Å². The minimum absolute atomic E-state index is 0.0319. The minimum atomic E-state index is -0.878. The number of aromatic amines is 1. The van der Waals surface area contributed by atoms with Crippen molar-refractivity contribution in [2.45, 2.75) is 12.8 Å². The summed E-state index contributed by atoms with van der Waals surface area (Å²) in [5, 5.41) is 19.8. The van der Waals surface area contributed by atoms with E-state index in [-0.39, 0.29) is 18.4 Å². The predicted octanol–water partition coefficient (Wildman–Crippen LogP) is 1.42. The van der Waals surface area contributed by atoms with Gasteiger partial charge >= 0.3 is 5.97 Å². The van der Waals surface area contributed by atoms with E-state index in [9.17, 15) is 14.7 Å².